The minimum absolute atomic E-state index is 0.249. The molecule has 4 fully saturated rings. The van der Waals surface area contributed by atoms with Gasteiger partial charge in [0.25, 0.3) is 0 Å². The standard InChI is InChI=1S/C24H25F6N3/c25-23(26,27)18-1-3-21(31-12-18)33(22-4-2-19(13-32-22)24(28,29)30)6-5-20-16-8-14-7-15(10-16)11-17(20)9-14/h1-4,12-17,20H,5-11H2. The average molecular weight is 469 g/mol. The zero-order valence-corrected chi connectivity index (χ0v) is 17.9. The predicted molar refractivity (Wildman–Crippen MR) is 111 cm³/mol. The molecule has 3 nitrogen and oxygen atoms in total. The van der Waals surface area contributed by atoms with E-state index in [4.69, 9.17) is 0 Å². The van der Waals surface area contributed by atoms with Crippen LogP contribution in [-0.4, -0.2) is 16.5 Å². The minimum Gasteiger partial charge on any atom is -0.311 e. The molecule has 4 saturated carbocycles. The lowest BCUT2D eigenvalue weighted by Crippen LogP contribution is -2.45. The van der Waals surface area contributed by atoms with Crippen LogP contribution in [0.25, 0.3) is 0 Å². The molecule has 0 aliphatic heterocycles. The first-order chi connectivity index (χ1) is 15.6. The van der Waals surface area contributed by atoms with Crippen molar-refractivity contribution in [2.24, 2.45) is 29.6 Å². The third kappa shape index (κ3) is 4.55. The van der Waals surface area contributed by atoms with E-state index in [1.54, 1.807) is 4.90 Å². The zero-order valence-electron chi connectivity index (χ0n) is 17.9. The summed E-state index contributed by atoms with van der Waals surface area (Å²) in [4.78, 5) is 9.63. The van der Waals surface area contributed by atoms with Crippen LogP contribution in [0.3, 0.4) is 0 Å². The lowest BCUT2D eigenvalue weighted by Gasteiger charge is -2.54. The second-order valence-electron chi connectivity index (χ2n) is 9.84. The van der Waals surface area contributed by atoms with Crippen LogP contribution in [-0.2, 0) is 12.4 Å². The molecule has 4 bridgehead atoms. The molecule has 2 aromatic heterocycles. The molecule has 0 N–H and O–H groups in total. The second-order valence-corrected chi connectivity index (χ2v) is 9.84. The monoisotopic (exact) mass is 469 g/mol. The van der Waals surface area contributed by atoms with Gasteiger partial charge in [-0.05, 0) is 92.4 Å². The van der Waals surface area contributed by atoms with Gasteiger partial charge in [0.15, 0.2) is 0 Å². The number of halogens is 6. The van der Waals surface area contributed by atoms with Crippen molar-refractivity contribution in [3.63, 3.8) is 0 Å². The Kier molecular flexibility index (Phi) is 5.56. The first-order valence-electron chi connectivity index (χ1n) is 11.4. The summed E-state index contributed by atoms with van der Waals surface area (Å²) in [5.41, 5.74) is -1.74. The fourth-order valence-corrected chi connectivity index (χ4v) is 6.56. The van der Waals surface area contributed by atoms with Gasteiger partial charge in [-0.15, -0.1) is 0 Å². The van der Waals surface area contributed by atoms with E-state index in [9.17, 15) is 26.3 Å². The van der Waals surface area contributed by atoms with Gasteiger partial charge in [-0.3, -0.25) is 0 Å². The van der Waals surface area contributed by atoms with Gasteiger partial charge in [-0.2, -0.15) is 26.3 Å². The van der Waals surface area contributed by atoms with E-state index < -0.39 is 23.5 Å². The first kappa shape index (κ1) is 22.5. The Morgan fingerprint density at radius 2 is 1.15 bits per heavy atom. The highest BCUT2D eigenvalue weighted by atomic mass is 19.4. The number of rotatable bonds is 5. The highest BCUT2D eigenvalue weighted by Gasteiger charge is 2.47. The normalized spacial score (nSPS) is 28.8. The summed E-state index contributed by atoms with van der Waals surface area (Å²) in [6.45, 7) is 0.448. The Balaban J connectivity index is 1.39. The first-order valence-corrected chi connectivity index (χ1v) is 11.4. The largest absolute Gasteiger partial charge is 0.417 e. The summed E-state index contributed by atoms with van der Waals surface area (Å²) in [5.74, 6) is 4.02. The predicted octanol–water partition coefficient (Wildman–Crippen LogP) is 7.11. The van der Waals surface area contributed by atoms with Crippen LogP contribution in [0.4, 0.5) is 38.0 Å². The Hall–Kier alpha value is -2.32. The topological polar surface area (TPSA) is 29.0 Å². The average Bonchev–Trinajstić information content (AvgIpc) is 2.74. The molecule has 9 heteroatoms. The van der Waals surface area contributed by atoms with E-state index in [2.05, 4.69) is 9.97 Å². The Morgan fingerprint density at radius 3 is 1.52 bits per heavy atom. The van der Waals surface area contributed by atoms with Gasteiger partial charge in [0, 0.05) is 18.9 Å². The van der Waals surface area contributed by atoms with E-state index in [-0.39, 0.29) is 11.6 Å². The van der Waals surface area contributed by atoms with Crippen LogP contribution in [0, 0.1) is 29.6 Å². The van der Waals surface area contributed by atoms with E-state index in [0.29, 0.717) is 24.3 Å². The summed E-state index contributed by atoms with van der Waals surface area (Å²) in [6, 6.07) is 4.42. The summed E-state index contributed by atoms with van der Waals surface area (Å²) < 4.78 is 77.9. The Bertz CT molecular complexity index is 882. The summed E-state index contributed by atoms with van der Waals surface area (Å²) in [5, 5.41) is 0. The van der Waals surface area contributed by atoms with Gasteiger partial charge in [0.05, 0.1) is 11.1 Å². The van der Waals surface area contributed by atoms with Gasteiger partial charge in [0.2, 0.25) is 0 Å². The lowest BCUT2D eigenvalue weighted by molar-refractivity contribution is -0.138. The molecular weight excluding hydrogens is 444 g/mol. The Labute approximate surface area is 188 Å². The van der Waals surface area contributed by atoms with Crippen LogP contribution in [0.5, 0.6) is 0 Å². The molecule has 0 atom stereocenters. The van der Waals surface area contributed by atoms with Crippen molar-refractivity contribution in [1.29, 1.82) is 0 Å². The summed E-state index contributed by atoms with van der Waals surface area (Å²) in [6.07, 6.45) is -0.360. The number of hydrogen-bond donors (Lipinski definition) is 0. The fraction of sp³-hybridized carbons (Fsp3) is 0.583. The third-order valence-corrected chi connectivity index (χ3v) is 7.81. The van der Waals surface area contributed by atoms with Gasteiger partial charge in [-0.25, -0.2) is 9.97 Å². The molecule has 0 unspecified atom stereocenters. The molecule has 4 aliphatic carbocycles. The number of aromatic nitrogens is 2. The van der Waals surface area contributed by atoms with Crippen LogP contribution >= 0.6 is 0 Å². The lowest BCUT2D eigenvalue weighted by atomic mass is 9.51. The molecule has 0 amide bonds. The number of anilines is 2. The minimum atomic E-state index is -4.51. The smallest absolute Gasteiger partial charge is 0.311 e. The van der Waals surface area contributed by atoms with Crippen LogP contribution in [0.15, 0.2) is 36.7 Å². The number of alkyl halides is 6. The zero-order chi connectivity index (χ0) is 23.4. The van der Waals surface area contributed by atoms with Crippen LogP contribution in [0.2, 0.25) is 0 Å². The highest BCUT2D eigenvalue weighted by Crippen LogP contribution is 2.57. The van der Waals surface area contributed by atoms with Crippen molar-refractivity contribution in [3.05, 3.63) is 47.8 Å². The molecule has 178 valence electrons. The molecule has 0 spiro atoms. The fourth-order valence-electron chi connectivity index (χ4n) is 6.56. The van der Waals surface area contributed by atoms with Crippen molar-refractivity contribution in [2.75, 3.05) is 11.4 Å². The molecule has 6 rings (SSSR count). The van der Waals surface area contributed by atoms with Gasteiger partial charge in [0.1, 0.15) is 11.6 Å². The molecule has 0 aromatic carbocycles. The number of nitrogens with zero attached hydrogens (tertiary/aromatic N) is 3. The van der Waals surface area contributed by atoms with E-state index in [1.165, 1.54) is 44.2 Å². The van der Waals surface area contributed by atoms with Crippen molar-refractivity contribution in [2.45, 2.75) is 50.9 Å². The third-order valence-electron chi connectivity index (χ3n) is 7.81. The number of hydrogen-bond acceptors (Lipinski definition) is 3. The molecule has 0 saturated heterocycles. The maximum atomic E-state index is 13.0. The van der Waals surface area contributed by atoms with Gasteiger partial charge in [-0.1, -0.05) is 0 Å². The van der Waals surface area contributed by atoms with Crippen molar-refractivity contribution in [1.82, 2.24) is 9.97 Å². The van der Waals surface area contributed by atoms with Crippen LogP contribution in [0.1, 0.15) is 49.7 Å². The quantitative estimate of drug-likeness (QED) is 0.437. The van der Waals surface area contributed by atoms with E-state index in [0.717, 1.165) is 42.8 Å². The maximum absolute atomic E-state index is 13.0. The van der Waals surface area contributed by atoms with E-state index in [1.807, 2.05) is 0 Å². The molecule has 4 aliphatic rings. The summed E-state index contributed by atoms with van der Waals surface area (Å²) in [7, 11) is 0. The van der Waals surface area contributed by atoms with Gasteiger partial charge < -0.3 is 4.90 Å². The number of pyridine rings is 2. The SMILES string of the molecule is FC(F)(F)c1ccc(N(CCC2C3CC4CC(C3)CC2C4)c2ccc(C(F)(F)F)cn2)nc1. The van der Waals surface area contributed by atoms with Crippen molar-refractivity contribution >= 4 is 11.6 Å². The second kappa shape index (κ2) is 8.17. The molecular formula is C24H25F6N3. The summed E-state index contributed by atoms with van der Waals surface area (Å²) >= 11 is 0. The molecule has 2 heterocycles. The van der Waals surface area contributed by atoms with Crippen molar-refractivity contribution < 1.29 is 26.3 Å². The van der Waals surface area contributed by atoms with Gasteiger partial charge >= 0.3 is 12.4 Å². The molecule has 0 radical (unpaired) electrons. The maximum Gasteiger partial charge on any atom is 0.417 e. The highest BCUT2D eigenvalue weighted by molar-refractivity contribution is 5.56. The Morgan fingerprint density at radius 1 is 0.697 bits per heavy atom. The van der Waals surface area contributed by atoms with E-state index >= 15 is 0 Å². The van der Waals surface area contributed by atoms with Crippen LogP contribution < -0.4 is 4.90 Å². The molecule has 33 heavy (non-hydrogen) atoms. The molecule has 2 aromatic rings. The van der Waals surface area contributed by atoms with Crippen molar-refractivity contribution in [3.8, 4) is 0 Å².